The van der Waals surface area contributed by atoms with Crippen molar-refractivity contribution in [3.63, 3.8) is 0 Å². The van der Waals surface area contributed by atoms with Crippen LogP contribution in [0.3, 0.4) is 0 Å². The van der Waals surface area contributed by atoms with Gasteiger partial charge in [-0.15, -0.1) is 0 Å². The fourth-order valence-electron chi connectivity index (χ4n) is 2.05. The molecule has 2 nitrogen and oxygen atoms in total. The van der Waals surface area contributed by atoms with Crippen molar-refractivity contribution in [2.24, 2.45) is 5.92 Å². The summed E-state index contributed by atoms with van der Waals surface area (Å²) in [4.78, 5) is 0. The van der Waals surface area contributed by atoms with Gasteiger partial charge in [-0.3, -0.25) is 0 Å². The lowest BCUT2D eigenvalue weighted by molar-refractivity contribution is 0.0765. The Balaban J connectivity index is 1.85. The second kappa shape index (κ2) is 7.24. The Morgan fingerprint density at radius 1 is 1.27 bits per heavy atom. The molecule has 0 saturated heterocycles. The highest BCUT2D eigenvalue weighted by Gasteiger charge is 2.19. The van der Waals surface area contributed by atoms with Crippen LogP contribution in [0.5, 0.6) is 0 Å². The van der Waals surface area contributed by atoms with E-state index in [-0.39, 0.29) is 0 Å². The van der Waals surface area contributed by atoms with E-state index in [9.17, 15) is 0 Å². The molecule has 1 rings (SSSR count). The first-order valence-corrected chi connectivity index (χ1v) is 6.53. The number of hydrogen-bond donors (Lipinski definition) is 1. The number of ether oxygens (including phenoxy) is 1. The van der Waals surface area contributed by atoms with E-state index in [1.54, 1.807) is 0 Å². The van der Waals surface area contributed by atoms with Crippen LogP contribution in [0, 0.1) is 5.92 Å². The first-order valence-electron chi connectivity index (χ1n) is 6.53. The Morgan fingerprint density at radius 2 is 2.00 bits per heavy atom. The molecule has 0 aromatic heterocycles. The van der Waals surface area contributed by atoms with Crippen LogP contribution in [0.25, 0.3) is 0 Å². The summed E-state index contributed by atoms with van der Waals surface area (Å²) >= 11 is 0. The molecule has 0 bridgehead atoms. The predicted molar refractivity (Wildman–Crippen MR) is 65.1 cm³/mol. The minimum absolute atomic E-state index is 0.373. The van der Waals surface area contributed by atoms with Gasteiger partial charge in [0.05, 0.1) is 6.10 Å². The highest BCUT2D eigenvalue weighted by atomic mass is 16.5. The lowest BCUT2D eigenvalue weighted by atomic mass is 9.81. The van der Waals surface area contributed by atoms with Crippen molar-refractivity contribution in [3.8, 4) is 0 Å². The Kier molecular flexibility index (Phi) is 6.26. The van der Waals surface area contributed by atoms with Crippen molar-refractivity contribution >= 4 is 0 Å². The van der Waals surface area contributed by atoms with Gasteiger partial charge in [0.25, 0.3) is 0 Å². The number of rotatable bonds is 8. The molecule has 1 atom stereocenters. The van der Waals surface area contributed by atoms with Crippen LogP contribution >= 0.6 is 0 Å². The summed E-state index contributed by atoms with van der Waals surface area (Å²) in [5, 5.41) is 3.58. The van der Waals surface area contributed by atoms with Gasteiger partial charge in [0.2, 0.25) is 0 Å². The van der Waals surface area contributed by atoms with E-state index < -0.39 is 0 Å². The SMILES string of the molecule is CC(CC1CCC1)NCCCOC(C)C. The zero-order chi connectivity index (χ0) is 11.1. The van der Waals surface area contributed by atoms with Crippen LogP contribution in [0.2, 0.25) is 0 Å². The maximum atomic E-state index is 5.50. The highest BCUT2D eigenvalue weighted by molar-refractivity contribution is 4.74. The Morgan fingerprint density at radius 3 is 2.53 bits per heavy atom. The minimum atomic E-state index is 0.373. The lowest BCUT2D eigenvalue weighted by Gasteiger charge is -2.28. The maximum Gasteiger partial charge on any atom is 0.0518 e. The first kappa shape index (κ1) is 13.0. The van der Waals surface area contributed by atoms with Crippen LogP contribution in [0.4, 0.5) is 0 Å². The van der Waals surface area contributed by atoms with Gasteiger partial charge < -0.3 is 10.1 Å². The third-order valence-electron chi connectivity index (χ3n) is 3.18. The van der Waals surface area contributed by atoms with Crippen LogP contribution in [-0.2, 0) is 4.74 Å². The molecular weight excluding hydrogens is 186 g/mol. The summed E-state index contributed by atoms with van der Waals surface area (Å²) in [5.74, 6) is 1.01. The third-order valence-corrected chi connectivity index (χ3v) is 3.18. The van der Waals surface area contributed by atoms with E-state index in [0.29, 0.717) is 12.1 Å². The van der Waals surface area contributed by atoms with E-state index in [2.05, 4.69) is 26.1 Å². The van der Waals surface area contributed by atoms with Gasteiger partial charge in [-0.1, -0.05) is 19.3 Å². The standard InChI is InChI=1S/C13H27NO/c1-11(2)15-9-5-8-14-12(3)10-13-6-4-7-13/h11-14H,4-10H2,1-3H3. The summed E-state index contributed by atoms with van der Waals surface area (Å²) in [5.41, 5.74) is 0. The second-order valence-corrected chi connectivity index (χ2v) is 5.16. The molecule has 90 valence electrons. The fourth-order valence-corrected chi connectivity index (χ4v) is 2.05. The van der Waals surface area contributed by atoms with Crippen LogP contribution in [0.15, 0.2) is 0 Å². The molecule has 15 heavy (non-hydrogen) atoms. The van der Waals surface area contributed by atoms with E-state index in [1.807, 2.05) is 0 Å². The molecule has 1 saturated carbocycles. The van der Waals surface area contributed by atoms with Crippen molar-refractivity contribution in [2.45, 2.75) is 65.0 Å². The summed E-state index contributed by atoms with van der Waals surface area (Å²) in [6.45, 7) is 8.47. The number of nitrogens with one attached hydrogen (secondary N) is 1. The topological polar surface area (TPSA) is 21.3 Å². The van der Waals surface area contributed by atoms with Gasteiger partial charge in [-0.2, -0.15) is 0 Å². The first-order chi connectivity index (χ1) is 7.18. The largest absolute Gasteiger partial charge is 0.379 e. The van der Waals surface area contributed by atoms with Crippen LogP contribution in [-0.4, -0.2) is 25.3 Å². The molecule has 0 heterocycles. The summed E-state index contributed by atoms with van der Waals surface area (Å²) < 4.78 is 5.50. The molecule has 1 N–H and O–H groups in total. The molecule has 2 heteroatoms. The average Bonchev–Trinajstić information content (AvgIpc) is 2.10. The molecule has 1 aliphatic rings. The molecule has 0 aromatic rings. The smallest absolute Gasteiger partial charge is 0.0518 e. The zero-order valence-electron chi connectivity index (χ0n) is 10.6. The van der Waals surface area contributed by atoms with Crippen molar-refractivity contribution in [2.75, 3.05) is 13.2 Å². The quantitative estimate of drug-likeness (QED) is 0.626. The Hall–Kier alpha value is -0.0800. The van der Waals surface area contributed by atoms with Crippen molar-refractivity contribution in [3.05, 3.63) is 0 Å². The molecule has 1 unspecified atom stereocenters. The fraction of sp³-hybridized carbons (Fsp3) is 1.00. The molecule has 1 fully saturated rings. The third kappa shape index (κ3) is 6.16. The monoisotopic (exact) mass is 213 g/mol. The van der Waals surface area contributed by atoms with Gasteiger partial charge in [0.1, 0.15) is 0 Å². The van der Waals surface area contributed by atoms with E-state index in [1.165, 1.54) is 25.7 Å². The average molecular weight is 213 g/mol. The summed E-state index contributed by atoms with van der Waals surface area (Å²) in [6.07, 6.45) is 7.25. The van der Waals surface area contributed by atoms with Gasteiger partial charge in [-0.25, -0.2) is 0 Å². The van der Waals surface area contributed by atoms with E-state index >= 15 is 0 Å². The van der Waals surface area contributed by atoms with Gasteiger partial charge in [0, 0.05) is 12.6 Å². The molecule has 0 aromatic carbocycles. The zero-order valence-corrected chi connectivity index (χ0v) is 10.6. The molecule has 0 aliphatic heterocycles. The predicted octanol–water partition coefficient (Wildman–Crippen LogP) is 2.97. The second-order valence-electron chi connectivity index (χ2n) is 5.16. The normalized spacial score (nSPS) is 19.2. The molecule has 0 spiro atoms. The van der Waals surface area contributed by atoms with E-state index in [0.717, 1.165) is 25.5 Å². The Bertz CT molecular complexity index is 155. The van der Waals surface area contributed by atoms with Crippen LogP contribution < -0.4 is 5.32 Å². The molecule has 1 aliphatic carbocycles. The Labute approximate surface area is 94.8 Å². The van der Waals surface area contributed by atoms with Crippen molar-refractivity contribution < 1.29 is 4.74 Å². The van der Waals surface area contributed by atoms with Gasteiger partial charge >= 0.3 is 0 Å². The van der Waals surface area contributed by atoms with Gasteiger partial charge in [0.15, 0.2) is 0 Å². The van der Waals surface area contributed by atoms with E-state index in [4.69, 9.17) is 4.74 Å². The van der Waals surface area contributed by atoms with Crippen LogP contribution in [0.1, 0.15) is 52.9 Å². The summed E-state index contributed by atoms with van der Waals surface area (Å²) in [7, 11) is 0. The number of hydrogen-bond acceptors (Lipinski definition) is 2. The van der Waals surface area contributed by atoms with Gasteiger partial charge in [-0.05, 0) is 46.1 Å². The summed E-state index contributed by atoms with van der Waals surface area (Å²) in [6, 6.07) is 0.689. The van der Waals surface area contributed by atoms with Crippen molar-refractivity contribution in [1.29, 1.82) is 0 Å². The maximum absolute atomic E-state index is 5.50. The minimum Gasteiger partial charge on any atom is -0.379 e. The molecular formula is C13H27NO. The van der Waals surface area contributed by atoms with Crippen molar-refractivity contribution in [1.82, 2.24) is 5.32 Å². The highest BCUT2D eigenvalue weighted by Crippen LogP contribution is 2.30. The lowest BCUT2D eigenvalue weighted by Crippen LogP contribution is -2.31. The molecule has 0 radical (unpaired) electrons. The molecule has 0 amide bonds.